The molecule has 0 spiro atoms. The Balaban J connectivity index is 1.84. The lowest BCUT2D eigenvalue weighted by Gasteiger charge is -2.26. The summed E-state index contributed by atoms with van der Waals surface area (Å²) in [7, 11) is 0. The molecule has 0 saturated carbocycles. The fourth-order valence-corrected chi connectivity index (χ4v) is 4.04. The van der Waals surface area contributed by atoms with Crippen molar-refractivity contribution in [2.24, 2.45) is 17.6 Å². The molecule has 2 saturated heterocycles. The second-order valence-corrected chi connectivity index (χ2v) is 9.96. The minimum absolute atomic E-state index is 0.00422. The van der Waals surface area contributed by atoms with Crippen LogP contribution in [0.3, 0.4) is 0 Å². The van der Waals surface area contributed by atoms with Gasteiger partial charge >= 0.3 is 11.9 Å². The standard InChI is InChI=1S/C22H36N4O13/c1-11(2)17(23)21(28)24-18(12(3)4)22(29)38-15-10-35-19-14(9-34-20(15)19)37-16(27)7-5-6-13(39-26(32)33)8-36-25(30)31/h11-15,17-20H,5-10,23H2,1-4H3,(H,24,28)/t13?,14-,15-,17+,18+,19-,20-/m1/s1. The molecule has 2 aliphatic heterocycles. The lowest BCUT2D eigenvalue weighted by atomic mass is 10.0. The van der Waals surface area contributed by atoms with E-state index in [2.05, 4.69) is 15.0 Å². The van der Waals surface area contributed by atoms with E-state index in [0.717, 1.165) is 0 Å². The van der Waals surface area contributed by atoms with Crippen molar-refractivity contribution in [1.82, 2.24) is 5.32 Å². The van der Waals surface area contributed by atoms with Crippen molar-refractivity contribution < 1.29 is 53.2 Å². The molecule has 17 heteroatoms. The molecule has 2 fully saturated rings. The largest absolute Gasteiger partial charge is 0.457 e. The van der Waals surface area contributed by atoms with Gasteiger partial charge in [0.15, 0.2) is 12.2 Å². The highest BCUT2D eigenvalue weighted by molar-refractivity contribution is 5.87. The molecular weight excluding hydrogens is 528 g/mol. The van der Waals surface area contributed by atoms with Crippen LogP contribution in [0.4, 0.5) is 0 Å². The Bertz CT molecular complexity index is 886. The molecule has 2 rings (SSSR count). The maximum atomic E-state index is 12.9. The van der Waals surface area contributed by atoms with Gasteiger partial charge in [0.25, 0.3) is 10.2 Å². The highest BCUT2D eigenvalue weighted by Gasteiger charge is 2.51. The third-order valence-electron chi connectivity index (χ3n) is 6.26. The Morgan fingerprint density at radius 3 is 2.08 bits per heavy atom. The molecule has 2 heterocycles. The first kappa shape index (κ1) is 31.9. The van der Waals surface area contributed by atoms with Gasteiger partial charge < -0.3 is 39.7 Å². The summed E-state index contributed by atoms with van der Waals surface area (Å²) in [5, 5.41) is 21.3. The highest BCUT2D eigenvalue weighted by Crippen LogP contribution is 2.31. The second-order valence-electron chi connectivity index (χ2n) is 9.96. The lowest BCUT2D eigenvalue weighted by molar-refractivity contribution is -0.790. The molecule has 222 valence electrons. The van der Waals surface area contributed by atoms with Gasteiger partial charge in [-0.15, -0.1) is 20.2 Å². The van der Waals surface area contributed by atoms with Crippen molar-refractivity contribution in [3.05, 3.63) is 20.2 Å². The molecule has 0 aromatic heterocycles. The van der Waals surface area contributed by atoms with Gasteiger partial charge in [-0.2, -0.15) is 0 Å². The number of esters is 2. The van der Waals surface area contributed by atoms with Gasteiger partial charge in [0.1, 0.15) is 31.0 Å². The first-order valence-corrected chi connectivity index (χ1v) is 12.6. The van der Waals surface area contributed by atoms with E-state index in [1.807, 2.05) is 0 Å². The van der Waals surface area contributed by atoms with Gasteiger partial charge in [-0.1, -0.05) is 27.7 Å². The fourth-order valence-electron chi connectivity index (χ4n) is 4.04. The Morgan fingerprint density at radius 2 is 1.56 bits per heavy atom. The SMILES string of the molecule is CC(C)[C@H](N)C(=O)N[C@H](C(=O)O[C@@H]1CO[C@H]2[C@@H]1OC[C@H]2OC(=O)CCCC(CO[N+](=O)[O-])O[N+](=O)[O-])C(C)C. The lowest BCUT2D eigenvalue weighted by Crippen LogP contribution is -2.53. The molecule has 1 unspecified atom stereocenters. The first-order valence-electron chi connectivity index (χ1n) is 12.6. The number of nitrogens with two attached hydrogens (primary N) is 1. The van der Waals surface area contributed by atoms with Gasteiger partial charge in [-0.25, -0.2) is 4.79 Å². The summed E-state index contributed by atoms with van der Waals surface area (Å²) in [6.07, 6.45) is -4.32. The van der Waals surface area contributed by atoms with Crippen LogP contribution in [0.5, 0.6) is 0 Å². The maximum absolute atomic E-state index is 12.9. The minimum Gasteiger partial charge on any atom is -0.457 e. The predicted octanol–water partition coefficient (Wildman–Crippen LogP) is -0.313. The third-order valence-corrected chi connectivity index (χ3v) is 6.26. The number of rotatable bonds is 16. The van der Waals surface area contributed by atoms with E-state index in [1.54, 1.807) is 27.7 Å². The molecule has 39 heavy (non-hydrogen) atoms. The summed E-state index contributed by atoms with van der Waals surface area (Å²) in [6, 6.07) is -1.72. The van der Waals surface area contributed by atoms with E-state index < -0.39 is 77.2 Å². The van der Waals surface area contributed by atoms with E-state index in [1.165, 1.54) is 0 Å². The molecule has 0 aromatic carbocycles. The van der Waals surface area contributed by atoms with Crippen LogP contribution in [0, 0.1) is 32.1 Å². The predicted molar refractivity (Wildman–Crippen MR) is 127 cm³/mol. The fraction of sp³-hybridized carbons (Fsp3) is 0.864. The molecule has 2 aliphatic rings. The van der Waals surface area contributed by atoms with Crippen molar-refractivity contribution in [1.29, 1.82) is 0 Å². The number of nitrogens with zero attached hydrogens (tertiary/aromatic N) is 2. The number of hydrogen-bond acceptors (Lipinski definition) is 14. The summed E-state index contributed by atoms with van der Waals surface area (Å²) in [4.78, 5) is 66.8. The zero-order valence-corrected chi connectivity index (χ0v) is 22.2. The summed E-state index contributed by atoms with van der Waals surface area (Å²) < 4.78 is 22.4. The van der Waals surface area contributed by atoms with Crippen LogP contribution in [0.15, 0.2) is 0 Å². The zero-order valence-electron chi connectivity index (χ0n) is 22.2. The smallest absolute Gasteiger partial charge is 0.329 e. The zero-order chi connectivity index (χ0) is 29.3. The van der Waals surface area contributed by atoms with Gasteiger partial charge in [0.2, 0.25) is 5.91 Å². The van der Waals surface area contributed by atoms with E-state index in [4.69, 9.17) is 24.7 Å². The molecule has 17 nitrogen and oxygen atoms in total. The molecule has 3 N–H and O–H groups in total. The number of hydrogen-bond donors (Lipinski definition) is 2. The number of ether oxygens (including phenoxy) is 4. The van der Waals surface area contributed by atoms with Gasteiger partial charge in [-0.05, 0) is 24.7 Å². The second kappa shape index (κ2) is 14.7. The molecule has 0 bridgehead atoms. The molecule has 7 atom stereocenters. The van der Waals surface area contributed by atoms with Gasteiger partial charge in [-0.3, -0.25) is 9.59 Å². The van der Waals surface area contributed by atoms with E-state index in [0.29, 0.717) is 0 Å². The van der Waals surface area contributed by atoms with Crippen LogP contribution < -0.4 is 11.1 Å². The highest BCUT2D eigenvalue weighted by atomic mass is 17.0. The first-order chi connectivity index (χ1) is 18.3. The monoisotopic (exact) mass is 564 g/mol. The van der Waals surface area contributed by atoms with Gasteiger partial charge in [0, 0.05) is 6.42 Å². The quantitative estimate of drug-likeness (QED) is 0.139. The topological polar surface area (TPSA) is 231 Å². The van der Waals surface area contributed by atoms with Crippen LogP contribution in [0.1, 0.15) is 47.0 Å². The normalized spacial score (nSPS) is 24.4. The van der Waals surface area contributed by atoms with Crippen LogP contribution in [-0.4, -0.2) is 90.4 Å². The van der Waals surface area contributed by atoms with Crippen LogP contribution >= 0.6 is 0 Å². The average molecular weight is 565 g/mol. The number of carbonyl (C=O) groups is 3. The number of amides is 1. The molecular formula is C22H36N4O13. The van der Waals surface area contributed by atoms with Crippen molar-refractivity contribution in [3.63, 3.8) is 0 Å². The van der Waals surface area contributed by atoms with Crippen LogP contribution in [0.25, 0.3) is 0 Å². The summed E-state index contributed by atoms with van der Waals surface area (Å²) in [5.74, 6) is -2.18. The van der Waals surface area contributed by atoms with E-state index in [-0.39, 0.29) is 44.3 Å². The van der Waals surface area contributed by atoms with Crippen molar-refractivity contribution in [2.75, 3.05) is 19.8 Å². The Kier molecular flexibility index (Phi) is 12.1. The van der Waals surface area contributed by atoms with Crippen molar-refractivity contribution >= 4 is 17.8 Å². The molecule has 0 aliphatic carbocycles. The Morgan fingerprint density at radius 1 is 0.974 bits per heavy atom. The number of fused-ring (bicyclic) bond motifs is 1. The van der Waals surface area contributed by atoms with Crippen LogP contribution in [0.2, 0.25) is 0 Å². The van der Waals surface area contributed by atoms with Crippen molar-refractivity contribution in [2.45, 2.75) is 89.6 Å². The molecule has 1 amide bonds. The van der Waals surface area contributed by atoms with Gasteiger partial charge in [0.05, 0.1) is 19.3 Å². The maximum Gasteiger partial charge on any atom is 0.329 e. The van der Waals surface area contributed by atoms with Crippen LogP contribution in [-0.2, 0) is 43.0 Å². The number of carbonyl (C=O) groups excluding carboxylic acids is 3. The summed E-state index contributed by atoms with van der Waals surface area (Å²) in [5.41, 5.74) is 5.88. The average Bonchev–Trinajstić information content (AvgIpc) is 3.42. The summed E-state index contributed by atoms with van der Waals surface area (Å²) >= 11 is 0. The molecule has 0 aromatic rings. The Labute approximate surface area is 224 Å². The summed E-state index contributed by atoms with van der Waals surface area (Å²) in [6.45, 7) is 6.41. The minimum atomic E-state index is -1.23. The van der Waals surface area contributed by atoms with E-state index >= 15 is 0 Å². The van der Waals surface area contributed by atoms with Crippen molar-refractivity contribution in [3.8, 4) is 0 Å². The third kappa shape index (κ3) is 9.74. The Hall–Kier alpha value is -3.31. The van der Waals surface area contributed by atoms with E-state index in [9.17, 15) is 34.6 Å². The number of nitrogens with one attached hydrogen (secondary N) is 1. The molecule has 0 radical (unpaired) electrons.